The van der Waals surface area contributed by atoms with E-state index in [0.717, 1.165) is 22.1 Å². The van der Waals surface area contributed by atoms with E-state index in [1.165, 1.54) is 6.29 Å². The van der Waals surface area contributed by atoms with Crippen LogP contribution in [0.3, 0.4) is 0 Å². The highest BCUT2D eigenvalue weighted by Gasteiger charge is 2.08. The van der Waals surface area contributed by atoms with Gasteiger partial charge in [0.2, 0.25) is 0 Å². The minimum Gasteiger partial charge on any atom is -0.497 e. The van der Waals surface area contributed by atoms with Crippen molar-refractivity contribution >= 4 is 17.1 Å². The van der Waals surface area contributed by atoms with Crippen molar-refractivity contribution in [2.45, 2.75) is 12.8 Å². The monoisotopic (exact) mass is 230 g/mol. The van der Waals surface area contributed by atoms with Gasteiger partial charge in [-0.1, -0.05) is 24.3 Å². The molecule has 0 spiro atoms. The molecule has 3 heteroatoms. The van der Waals surface area contributed by atoms with Crippen molar-refractivity contribution in [3.63, 3.8) is 0 Å². The van der Waals surface area contributed by atoms with Crippen LogP contribution < -0.4 is 9.99 Å². The van der Waals surface area contributed by atoms with Gasteiger partial charge in [-0.3, -0.25) is 0 Å². The molecule has 88 valence electrons. The molecule has 2 rings (SSSR count). The number of hydrogen-bond acceptors (Lipinski definition) is 2. The van der Waals surface area contributed by atoms with Crippen LogP contribution in [0.15, 0.2) is 36.4 Å². The number of ether oxygens (including phenoxy) is 1. The standard InChI is InChI=1S/C14H14O3/c1-10(9-17-15)11-3-4-13-8-14(16-2)6-5-12(13)7-11/h3-10H,1-2H3/t10-/m1/s1. The average molecular weight is 230 g/mol. The lowest BCUT2D eigenvalue weighted by Gasteiger charge is -2.06. The van der Waals surface area contributed by atoms with Crippen molar-refractivity contribution in [1.82, 2.24) is 0 Å². The third kappa shape index (κ3) is 2.38. The van der Waals surface area contributed by atoms with Crippen LogP contribution in [0.25, 0.3) is 10.8 Å². The molecule has 0 saturated heterocycles. The first-order valence-electron chi connectivity index (χ1n) is 5.44. The van der Waals surface area contributed by atoms with Gasteiger partial charge in [-0.2, -0.15) is 4.58 Å². The van der Waals surface area contributed by atoms with Crippen LogP contribution in [0.4, 0.5) is 0 Å². The van der Waals surface area contributed by atoms with E-state index in [9.17, 15) is 5.26 Å². The number of rotatable bonds is 3. The molecule has 0 aliphatic heterocycles. The van der Waals surface area contributed by atoms with Crippen molar-refractivity contribution in [2.75, 3.05) is 7.11 Å². The summed E-state index contributed by atoms with van der Waals surface area (Å²) in [5, 5.41) is 12.3. The van der Waals surface area contributed by atoms with E-state index in [1.807, 2.05) is 37.3 Å². The maximum absolute atomic E-state index is 10.1. The lowest BCUT2D eigenvalue weighted by Crippen LogP contribution is -2.03. The number of methoxy groups -OCH3 is 1. The fourth-order valence-electron chi connectivity index (χ4n) is 1.81. The Morgan fingerprint density at radius 1 is 1.18 bits per heavy atom. The fourth-order valence-corrected chi connectivity index (χ4v) is 1.81. The summed E-state index contributed by atoms with van der Waals surface area (Å²) in [6.07, 6.45) is 1.28. The van der Waals surface area contributed by atoms with Gasteiger partial charge in [-0.25, -0.2) is 0 Å². The number of aldehydes is 1. The molecule has 0 N–H and O–H groups in total. The Balaban J connectivity index is 2.44. The van der Waals surface area contributed by atoms with E-state index in [1.54, 1.807) is 7.11 Å². The minimum atomic E-state index is -0.0148. The zero-order valence-electron chi connectivity index (χ0n) is 9.84. The van der Waals surface area contributed by atoms with Crippen LogP contribution in [0.5, 0.6) is 5.75 Å². The quantitative estimate of drug-likeness (QED) is 0.350. The van der Waals surface area contributed by atoms with Gasteiger partial charge < -0.3 is 9.99 Å². The predicted molar refractivity (Wildman–Crippen MR) is 65.0 cm³/mol. The van der Waals surface area contributed by atoms with Gasteiger partial charge in [0.25, 0.3) is 0 Å². The summed E-state index contributed by atoms with van der Waals surface area (Å²) in [7, 11) is 1.65. The molecule has 0 radical (unpaired) electrons. The summed E-state index contributed by atoms with van der Waals surface area (Å²) in [5.74, 6) is 0.826. The second-order valence-electron chi connectivity index (χ2n) is 3.99. The summed E-state index contributed by atoms with van der Waals surface area (Å²) in [4.78, 5) is 0. The van der Waals surface area contributed by atoms with Crippen LogP contribution >= 0.6 is 0 Å². The lowest BCUT2D eigenvalue weighted by molar-refractivity contribution is -1.04. The second kappa shape index (κ2) is 4.87. The number of benzene rings is 2. The smallest absolute Gasteiger partial charge is 0.325 e. The van der Waals surface area contributed by atoms with Crippen molar-refractivity contribution in [3.8, 4) is 5.75 Å². The molecule has 0 heterocycles. The summed E-state index contributed by atoms with van der Waals surface area (Å²) in [6, 6.07) is 12.0. The molecule has 0 saturated carbocycles. The van der Waals surface area contributed by atoms with E-state index in [-0.39, 0.29) is 5.92 Å². The maximum atomic E-state index is 10.1. The average Bonchev–Trinajstić information content (AvgIpc) is 2.37. The molecule has 0 aliphatic rings. The highest BCUT2D eigenvalue weighted by molar-refractivity contribution is 5.85. The van der Waals surface area contributed by atoms with Crippen molar-refractivity contribution in [1.29, 1.82) is 0 Å². The molecule has 0 aliphatic carbocycles. The highest BCUT2D eigenvalue weighted by Crippen LogP contribution is 2.24. The molecular formula is C14H14O3. The van der Waals surface area contributed by atoms with Crippen LogP contribution in [0.2, 0.25) is 0 Å². The van der Waals surface area contributed by atoms with Gasteiger partial charge in [0, 0.05) is 0 Å². The summed E-state index contributed by atoms with van der Waals surface area (Å²) in [5.41, 5.74) is 1.05. The Morgan fingerprint density at radius 2 is 1.88 bits per heavy atom. The molecule has 0 amide bonds. The number of hydrogen-bond donors (Lipinski definition) is 0. The third-order valence-corrected chi connectivity index (χ3v) is 2.86. The number of fused-ring (bicyclic) bond motifs is 1. The van der Waals surface area contributed by atoms with Crippen LogP contribution in [-0.2, 0) is 4.58 Å². The zero-order valence-corrected chi connectivity index (χ0v) is 9.84. The molecule has 0 aromatic heterocycles. The SMILES string of the molecule is COc1ccc2cc([C@H](C)C=[O+][O-])ccc2c1. The Kier molecular flexibility index (Phi) is 3.28. The molecule has 2 aromatic rings. The lowest BCUT2D eigenvalue weighted by atomic mass is 9.99. The van der Waals surface area contributed by atoms with Crippen molar-refractivity contribution in [2.24, 2.45) is 0 Å². The topological polar surface area (TPSA) is 43.6 Å². The van der Waals surface area contributed by atoms with Gasteiger partial charge in [0.1, 0.15) is 5.75 Å². The predicted octanol–water partition coefficient (Wildman–Crippen LogP) is 1.96. The molecular weight excluding hydrogens is 216 g/mol. The Bertz CT molecular complexity index is 546. The first kappa shape index (κ1) is 11.5. The van der Waals surface area contributed by atoms with Gasteiger partial charge in [0.15, 0.2) is 0 Å². The summed E-state index contributed by atoms with van der Waals surface area (Å²) in [6.45, 7) is 1.92. The summed E-state index contributed by atoms with van der Waals surface area (Å²) < 4.78 is 8.98. The Morgan fingerprint density at radius 3 is 2.59 bits per heavy atom. The summed E-state index contributed by atoms with van der Waals surface area (Å²) >= 11 is 0. The highest BCUT2D eigenvalue weighted by atomic mass is 17.1. The van der Waals surface area contributed by atoms with Crippen LogP contribution in [-0.4, -0.2) is 13.4 Å². The first-order valence-corrected chi connectivity index (χ1v) is 5.44. The molecule has 1 atom stereocenters. The molecule has 17 heavy (non-hydrogen) atoms. The van der Waals surface area contributed by atoms with Crippen molar-refractivity contribution in [3.05, 3.63) is 42.0 Å². The minimum absolute atomic E-state index is 0.0148. The maximum Gasteiger partial charge on any atom is 0.325 e. The second-order valence-corrected chi connectivity index (χ2v) is 3.99. The Hall–Kier alpha value is -2.03. The zero-order chi connectivity index (χ0) is 12.3. The third-order valence-electron chi connectivity index (χ3n) is 2.86. The van der Waals surface area contributed by atoms with Crippen molar-refractivity contribution < 1.29 is 14.6 Å². The number of carbonyl (C=O) groups excluding carboxylic acids is 1. The van der Waals surface area contributed by atoms with Gasteiger partial charge in [-0.15, -0.1) is 0 Å². The molecule has 2 aromatic carbocycles. The van der Waals surface area contributed by atoms with Gasteiger partial charge in [-0.05, 0) is 35.4 Å². The van der Waals surface area contributed by atoms with Crippen LogP contribution in [0.1, 0.15) is 18.4 Å². The normalized spacial score (nSPS) is 13.1. The first-order chi connectivity index (χ1) is 8.24. The van der Waals surface area contributed by atoms with E-state index in [4.69, 9.17) is 4.74 Å². The van der Waals surface area contributed by atoms with E-state index >= 15 is 0 Å². The van der Waals surface area contributed by atoms with E-state index in [0.29, 0.717) is 0 Å². The van der Waals surface area contributed by atoms with Gasteiger partial charge >= 0.3 is 6.29 Å². The molecule has 0 fully saturated rings. The molecule has 0 unspecified atom stereocenters. The Labute approximate surface area is 99.9 Å². The largest absolute Gasteiger partial charge is 0.497 e. The van der Waals surface area contributed by atoms with Crippen LogP contribution in [0, 0.1) is 0 Å². The molecule has 3 nitrogen and oxygen atoms in total. The van der Waals surface area contributed by atoms with E-state index < -0.39 is 0 Å². The molecule has 0 bridgehead atoms. The fraction of sp³-hybridized carbons (Fsp3) is 0.214. The van der Waals surface area contributed by atoms with E-state index in [2.05, 4.69) is 10.6 Å². The van der Waals surface area contributed by atoms with Gasteiger partial charge in [0.05, 0.1) is 13.0 Å².